The maximum Gasteiger partial charge on any atom is 0.321 e. The Kier molecular flexibility index (Phi) is 8.94. The molecule has 222 valence electrons. The maximum absolute atomic E-state index is 12.4. The SMILES string of the molecule is CCC(c1ccccc1)N1Cc2cc3c(cc2C[C@H]1C(=O)O)OCC[C@@H](c1ccc(OCc2ccc(Cl)c(Cl)c2)cc1)C3. The Balaban J connectivity index is 1.19. The summed E-state index contributed by atoms with van der Waals surface area (Å²) in [5.74, 6) is 1.21. The lowest BCUT2D eigenvalue weighted by Crippen LogP contribution is -2.47. The molecule has 0 aliphatic carbocycles. The fourth-order valence-corrected chi connectivity index (χ4v) is 6.79. The van der Waals surface area contributed by atoms with E-state index in [1.54, 1.807) is 6.07 Å². The maximum atomic E-state index is 12.4. The molecule has 6 rings (SSSR count). The van der Waals surface area contributed by atoms with E-state index in [0.29, 0.717) is 42.1 Å². The lowest BCUT2D eigenvalue weighted by atomic mass is 9.86. The second-order valence-electron chi connectivity index (χ2n) is 11.4. The second-order valence-corrected chi connectivity index (χ2v) is 12.3. The van der Waals surface area contributed by atoms with Crippen LogP contribution in [0.2, 0.25) is 10.0 Å². The first-order valence-electron chi connectivity index (χ1n) is 14.9. The predicted octanol–water partition coefficient (Wildman–Crippen LogP) is 8.64. The Bertz CT molecular complexity index is 1590. The molecule has 0 saturated heterocycles. The molecule has 2 aliphatic rings. The van der Waals surface area contributed by atoms with Gasteiger partial charge in [0.25, 0.3) is 0 Å². The van der Waals surface area contributed by atoms with E-state index in [1.165, 1.54) is 16.7 Å². The number of halogens is 2. The molecule has 4 aromatic rings. The third-order valence-electron chi connectivity index (χ3n) is 8.74. The Labute approximate surface area is 263 Å². The summed E-state index contributed by atoms with van der Waals surface area (Å²) in [6.45, 7) is 3.76. The van der Waals surface area contributed by atoms with E-state index >= 15 is 0 Å². The Hall–Kier alpha value is -3.51. The summed E-state index contributed by atoms with van der Waals surface area (Å²) >= 11 is 12.2. The number of ether oxygens (including phenoxy) is 2. The molecule has 0 aromatic heterocycles. The standard InChI is InChI=1S/C36H35Cl2NO4/c1-2-33(25-6-4-3-5-7-25)39-21-29-18-28-17-26(14-15-42-35(28)20-27(29)19-34(39)36(40)41)24-9-11-30(12-10-24)43-22-23-8-13-31(37)32(38)16-23/h3-13,16,18,20,26,33-34H,2,14-15,17,19,21-22H2,1H3,(H,40,41)/t26-,33?,34+/m1/s1. The summed E-state index contributed by atoms with van der Waals surface area (Å²) in [6.07, 6.45) is 3.08. The zero-order valence-electron chi connectivity index (χ0n) is 24.1. The van der Waals surface area contributed by atoms with E-state index in [1.807, 2.05) is 42.5 Å². The van der Waals surface area contributed by atoms with Gasteiger partial charge in [0.1, 0.15) is 24.1 Å². The first kappa shape index (κ1) is 29.6. The van der Waals surface area contributed by atoms with Crippen molar-refractivity contribution in [3.63, 3.8) is 0 Å². The first-order chi connectivity index (χ1) is 20.9. The number of aliphatic carboxylic acids is 1. The third kappa shape index (κ3) is 6.54. The zero-order valence-corrected chi connectivity index (χ0v) is 25.7. The molecule has 2 aliphatic heterocycles. The molecule has 2 heterocycles. The number of benzene rings is 4. The van der Waals surface area contributed by atoms with E-state index in [-0.39, 0.29) is 6.04 Å². The van der Waals surface area contributed by atoms with Gasteiger partial charge in [-0.15, -0.1) is 0 Å². The molecular formula is C36H35Cl2NO4. The molecule has 1 N–H and O–H groups in total. The number of hydrogen-bond acceptors (Lipinski definition) is 4. The van der Waals surface area contributed by atoms with Crippen molar-refractivity contribution in [1.29, 1.82) is 0 Å². The van der Waals surface area contributed by atoms with Crippen LogP contribution in [0.4, 0.5) is 0 Å². The van der Waals surface area contributed by atoms with Gasteiger partial charge in [0, 0.05) is 12.6 Å². The van der Waals surface area contributed by atoms with Crippen molar-refractivity contribution in [3.05, 3.63) is 128 Å². The van der Waals surface area contributed by atoms with Gasteiger partial charge >= 0.3 is 5.97 Å². The monoisotopic (exact) mass is 615 g/mol. The summed E-state index contributed by atoms with van der Waals surface area (Å²) in [4.78, 5) is 14.6. The van der Waals surface area contributed by atoms with E-state index in [2.05, 4.69) is 48.2 Å². The van der Waals surface area contributed by atoms with E-state index in [9.17, 15) is 9.90 Å². The van der Waals surface area contributed by atoms with Crippen LogP contribution in [-0.2, 0) is 30.8 Å². The minimum Gasteiger partial charge on any atom is -0.493 e. The van der Waals surface area contributed by atoms with Gasteiger partial charge < -0.3 is 14.6 Å². The lowest BCUT2D eigenvalue weighted by molar-refractivity contribution is -0.145. The average Bonchev–Trinajstić information content (AvgIpc) is 3.23. The van der Waals surface area contributed by atoms with Crippen LogP contribution in [0.3, 0.4) is 0 Å². The number of nitrogens with zero attached hydrogens (tertiary/aromatic N) is 1. The van der Waals surface area contributed by atoms with Crippen LogP contribution in [0, 0.1) is 0 Å². The highest BCUT2D eigenvalue weighted by molar-refractivity contribution is 6.42. The van der Waals surface area contributed by atoms with Crippen LogP contribution >= 0.6 is 23.2 Å². The van der Waals surface area contributed by atoms with Crippen molar-refractivity contribution in [1.82, 2.24) is 4.90 Å². The van der Waals surface area contributed by atoms with Crippen molar-refractivity contribution in [3.8, 4) is 11.5 Å². The highest BCUT2D eigenvalue weighted by Crippen LogP contribution is 2.39. The van der Waals surface area contributed by atoms with Crippen molar-refractivity contribution >= 4 is 29.2 Å². The molecule has 0 radical (unpaired) electrons. The van der Waals surface area contributed by atoms with E-state index < -0.39 is 12.0 Å². The Morgan fingerprint density at radius 3 is 2.47 bits per heavy atom. The van der Waals surface area contributed by atoms with Crippen LogP contribution in [0.15, 0.2) is 84.9 Å². The van der Waals surface area contributed by atoms with Gasteiger partial charge in [-0.05, 0) is 95.3 Å². The number of carboxylic acid groups (broad SMARTS) is 1. The molecule has 0 fully saturated rings. The second kappa shape index (κ2) is 13.0. The Morgan fingerprint density at radius 2 is 1.74 bits per heavy atom. The first-order valence-corrected chi connectivity index (χ1v) is 15.6. The molecule has 5 nitrogen and oxygen atoms in total. The van der Waals surface area contributed by atoms with Crippen molar-refractivity contribution in [2.45, 2.75) is 63.8 Å². The van der Waals surface area contributed by atoms with Gasteiger partial charge in [-0.2, -0.15) is 0 Å². The van der Waals surface area contributed by atoms with Gasteiger partial charge in [-0.25, -0.2) is 0 Å². The molecule has 43 heavy (non-hydrogen) atoms. The molecule has 0 spiro atoms. The van der Waals surface area contributed by atoms with Gasteiger partial charge in [0.2, 0.25) is 0 Å². The summed E-state index contributed by atoms with van der Waals surface area (Å²) in [7, 11) is 0. The minimum atomic E-state index is -0.777. The topological polar surface area (TPSA) is 59.0 Å². The molecular weight excluding hydrogens is 581 g/mol. The van der Waals surface area contributed by atoms with Gasteiger partial charge in [-0.3, -0.25) is 9.69 Å². The quantitative estimate of drug-likeness (QED) is 0.215. The normalized spacial score (nSPS) is 19.0. The predicted molar refractivity (Wildman–Crippen MR) is 170 cm³/mol. The summed E-state index contributed by atoms with van der Waals surface area (Å²) < 4.78 is 12.2. The van der Waals surface area contributed by atoms with Crippen LogP contribution in [-0.4, -0.2) is 28.6 Å². The molecule has 0 saturated carbocycles. The van der Waals surface area contributed by atoms with Crippen LogP contribution < -0.4 is 9.47 Å². The molecule has 3 atom stereocenters. The van der Waals surface area contributed by atoms with Crippen LogP contribution in [0.25, 0.3) is 0 Å². The fraction of sp³-hybridized carbons (Fsp3) is 0.306. The van der Waals surface area contributed by atoms with Crippen LogP contribution in [0.5, 0.6) is 11.5 Å². The summed E-state index contributed by atoms with van der Waals surface area (Å²) in [6, 6.07) is 27.9. The third-order valence-corrected chi connectivity index (χ3v) is 9.48. The van der Waals surface area contributed by atoms with Crippen LogP contribution in [0.1, 0.15) is 65.1 Å². The summed E-state index contributed by atoms with van der Waals surface area (Å²) in [5, 5.41) is 11.3. The highest BCUT2D eigenvalue weighted by atomic mass is 35.5. The van der Waals surface area contributed by atoms with Gasteiger partial charge in [0.05, 0.1) is 16.7 Å². The molecule has 7 heteroatoms. The number of carbonyl (C=O) groups is 1. The lowest BCUT2D eigenvalue weighted by Gasteiger charge is -2.40. The number of rotatable bonds is 8. The minimum absolute atomic E-state index is 0.0377. The largest absolute Gasteiger partial charge is 0.493 e. The smallest absolute Gasteiger partial charge is 0.321 e. The highest BCUT2D eigenvalue weighted by Gasteiger charge is 2.36. The van der Waals surface area contributed by atoms with Crippen molar-refractivity contribution < 1.29 is 19.4 Å². The molecule has 1 unspecified atom stereocenters. The average molecular weight is 617 g/mol. The number of fused-ring (bicyclic) bond motifs is 2. The van der Waals surface area contributed by atoms with E-state index in [0.717, 1.165) is 47.5 Å². The fourth-order valence-electron chi connectivity index (χ4n) is 6.47. The van der Waals surface area contributed by atoms with Crippen molar-refractivity contribution in [2.75, 3.05) is 6.61 Å². The number of carboxylic acids is 1. The van der Waals surface area contributed by atoms with E-state index in [4.69, 9.17) is 32.7 Å². The number of hydrogen-bond donors (Lipinski definition) is 1. The zero-order chi connectivity index (χ0) is 29.9. The molecule has 0 amide bonds. The summed E-state index contributed by atoms with van der Waals surface area (Å²) in [5.41, 5.74) is 6.82. The van der Waals surface area contributed by atoms with Crippen molar-refractivity contribution in [2.24, 2.45) is 0 Å². The molecule has 0 bridgehead atoms. The Morgan fingerprint density at radius 1 is 0.953 bits per heavy atom. The van der Waals surface area contributed by atoms with Gasteiger partial charge in [-0.1, -0.05) is 84.7 Å². The van der Waals surface area contributed by atoms with Gasteiger partial charge in [0.15, 0.2) is 0 Å². The molecule has 4 aromatic carbocycles.